The molecular weight excluding hydrogens is 365 g/mol. The molecule has 0 aliphatic carbocycles. The van der Waals surface area contributed by atoms with Crippen LogP contribution < -0.4 is 0 Å². The molecule has 0 bridgehead atoms. The van der Waals surface area contributed by atoms with Gasteiger partial charge in [-0.3, -0.25) is 0 Å². The molecule has 2 aromatic rings. The van der Waals surface area contributed by atoms with E-state index in [0.29, 0.717) is 28.6 Å². The molecule has 1 heterocycles. The van der Waals surface area contributed by atoms with Crippen LogP contribution in [0.4, 0.5) is 4.39 Å². The first-order valence-electron chi connectivity index (χ1n) is 7.90. The number of rotatable bonds is 5. The SMILES string of the molecule is Cc1ccc(S(=O)(=O)N2CC(OCc3ccc(F)cc3Cl)C2)cc1C. The molecule has 1 fully saturated rings. The molecular formula is C18H19ClFNO3S. The van der Waals surface area contributed by atoms with E-state index in [-0.39, 0.29) is 12.7 Å². The number of aryl methyl sites for hydroxylation is 2. The van der Waals surface area contributed by atoms with E-state index in [4.69, 9.17) is 16.3 Å². The van der Waals surface area contributed by atoms with Crippen molar-refractivity contribution in [1.82, 2.24) is 4.31 Å². The molecule has 0 atom stereocenters. The van der Waals surface area contributed by atoms with Crippen LogP contribution in [0.3, 0.4) is 0 Å². The van der Waals surface area contributed by atoms with E-state index in [9.17, 15) is 12.8 Å². The van der Waals surface area contributed by atoms with Crippen molar-refractivity contribution in [2.24, 2.45) is 0 Å². The molecule has 2 aromatic carbocycles. The number of benzene rings is 2. The second kappa shape index (κ2) is 7.03. The Bertz CT molecular complexity index is 895. The van der Waals surface area contributed by atoms with Crippen LogP contribution in [0.1, 0.15) is 16.7 Å². The van der Waals surface area contributed by atoms with E-state index in [1.54, 1.807) is 18.2 Å². The van der Waals surface area contributed by atoms with Crippen LogP contribution in [0.2, 0.25) is 5.02 Å². The number of hydrogen-bond donors (Lipinski definition) is 0. The summed E-state index contributed by atoms with van der Waals surface area (Å²) in [7, 11) is -3.49. The van der Waals surface area contributed by atoms with Crippen molar-refractivity contribution in [2.45, 2.75) is 31.5 Å². The third-order valence-electron chi connectivity index (χ3n) is 4.42. The summed E-state index contributed by atoms with van der Waals surface area (Å²) >= 11 is 5.96. The van der Waals surface area contributed by atoms with Crippen LogP contribution in [0, 0.1) is 19.7 Å². The van der Waals surface area contributed by atoms with Crippen molar-refractivity contribution in [3.63, 3.8) is 0 Å². The summed E-state index contributed by atoms with van der Waals surface area (Å²) in [6.07, 6.45) is -0.192. The van der Waals surface area contributed by atoms with Crippen LogP contribution in [-0.2, 0) is 21.4 Å². The molecule has 1 aliphatic rings. The lowest BCUT2D eigenvalue weighted by atomic mass is 10.1. The summed E-state index contributed by atoms with van der Waals surface area (Å²) in [6, 6.07) is 9.26. The van der Waals surface area contributed by atoms with Gasteiger partial charge in [0.2, 0.25) is 10.0 Å². The highest BCUT2D eigenvalue weighted by Crippen LogP contribution is 2.26. The standard InChI is InChI=1S/C18H19ClFNO3S/c1-12-3-6-17(7-13(12)2)25(22,23)21-9-16(10-21)24-11-14-4-5-15(20)8-18(14)19/h3-8,16H,9-11H2,1-2H3. The lowest BCUT2D eigenvalue weighted by Crippen LogP contribution is -2.54. The molecule has 0 aromatic heterocycles. The van der Waals surface area contributed by atoms with Gasteiger partial charge in [-0.2, -0.15) is 4.31 Å². The van der Waals surface area contributed by atoms with E-state index in [2.05, 4.69) is 0 Å². The van der Waals surface area contributed by atoms with Gasteiger partial charge in [-0.15, -0.1) is 0 Å². The van der Waals surface area contributed by atoms with Crippen molar-refractivity contribution in [3.8, 4) is 0 Å². The van der Waals surface area contributed by atoms with Gasteiger partial charge in [-0.1, -0.05) is 23.7 Å². The summed E-state index contributed by atoms with van der Waals surface area (Å²) in [4.78, 5) is 0.302. The molecule has 7 heteroatoms. The monoisotopic (exact) mass is 383 g/mol. The van der Waals surface area contributed by atoms with Crippen molar-refractivity contribution in [3.05, 3.63) is 63.9 Å². The van der Waals surface area contributed by atoms with Crippen LogP contribution in [0.15, 0.2) is 41.3 Å². The highest BCUT2D eigenvalue weighted by molar-refractivity contribution is 7.89. The summed E-state index contributed by atoms with van der Waals surface area (Å²) in [5.74, 6) is -0.400. The topological polar surface area (TPSA) is 46.6 Å². The summed E-state index contributed by atoms with van der Waals surface area (Å²) < 4.78 is 45.3. The molecule has 0 saturated carbocycles. The third-order valence-corrected chi connectivity index (χ3v) is 6.60. The third kappa shape index (κ3) is 3.87. The second-order valence-corrected chi connectivity index (χ2v) is 8.58. The van der Waals surface area contributed by atoms with E-state index in [1.807, 2.05) is 19.9 Å². The minimum Gasteiger partial charge on any atom is -0.371 e. The first-order valence-corrected chi connectivity index (χ1v) is 9.72. The average Bonchev–Trinajstić information content (AvgIpc) is 2.50. The van der Waals surface area contributed by atoms with Crippen LogP contribution in [-0.4, -0.2) is 31.9 Å². The average molecular weight is 384 g/mol. The predicted molar refractivity (Wildman–Crippen MR) is 94.7 cm³/mol. The smallest absolute Gasteiger partial charge is 0.243 e. The molecule has 0 unspecified atom stereocenters. The zero-order valence-corrected chi connectivity index (χ0v) is 15.6. The molecule has 0 N–H and O–H groups in total. The quantitative estimate of drug-likeness (QED) is 0.791. The van der Waals surface area contributed by atoms with Crippen LogP contribution in [0.25, 0.3) is 0 Å². The Hall–Kier alpha value is -1.47. The number of sulfonamides is 1. The van der Waals surface area contributed by atoms with Gasteiger partial charge in [-0.05, 0) is 54.8 Å². The molecule has 25 heavy (non-hydrogen) atoms. The van der Waals surface area contributed by atoms with E-state index < -0.39 is 15.8 Å². The number of nitrogens with zero attached hydrogens (tertiary/aromatic N) is 1. The summed E-state index contributed by atoms with van der Waals surface area (Å²) in [5, 5.41) is 0.305. The summed E-state index contributed by atoms with van der Waals surface area (Å²) in [5.41, 5.74) is 2.68. The highest BCUT2D eigenvalue weighted by Gasteiger charge is 2.37. The lowest BCUT2D eigenvalue weighted by Gasteiger charge is -2.37. The lowest BCUT2D eigenvalue weighted by molar-refractivity contribution is -0.0295. The first-order chi connectivity index (χ1) is 11.8. The van der Waals surface area contributed by atoms with Gasteiger partial charge in [0.1, 0.15) is 5.82 Å². The number of hydrogen-bond acceptors (Lipinski definition) is 3. The van der Waals surface area contributed by atoms with E-state index >= 15 is 0 Å². The predicted octanol–water partition coefficient (Wildman–Crippen LogP) is 3.69. The Morgan fingerprint density at radius 2 is 1.88 bits per heavy atom. The Morgan fingerprint density at radius 1 is 1.16 bits per heavy atom. The summed E-state index contributed by atoms with van der Waals surface area (Å²) in [6.45, 7) is 4.66. The van der Waals surface area contributed by atoms with Gasteiger partial charge in [0.15, 0.2) is 0 Å². The Balaban J connectivity index is 1.59. The maximum Gasteiger partial charge on any atom is 0.243 e. The minimum absolute atomic E-state index is 0.192. The first kappa shape index (κ1) is 18.3. The van der Waals surface area contributed by atoms with E-state index in [0.717, 1.165) is 11.1 Å². The molecule has 0 spiro atoms. The Morgan fingerprint density at radius 3 is 2.52 bits per heavy atom. The fourth-order valence-corrected chi connectivity index (χ4v) is 4.38. The molecule has 1 aliphatic heterocycles. The molecule has 0 amide bonds. The van der Waals surface area contributed by atoms with E-state index in [1.165, 1.54) is 16.4 Å². The van der Waals surface area contributed by atoms with Gasteiger partial charge in [0.25, 0.3) is 0 Å². The van der Waals surface area contributed by atoms with Gasteiger partial charge in [0, 0.05) is 18.1 Å². The molecule has 134 valence electrons. The maximum atomic E-state index is 13.0. The fourth-order valence-electron chi connectivity index (χ4n) is 2.57. The molecule has 4 nitrogen and oxygen atoms in total. The normalized spacial score (nSPS) is 16.0. The minimum atomic E-state index is -3.49. The molecule has 0 radical (unpaired) electrons. The van der Waals surface area contributed by atoms with Crippen LogP contribution in [0.5, 0.6) is 0 Å². The zero-order chi connectivity index (χ0) is 18.2. The Labute approximate surface area is 152 Å². The van der Waals surface area contributed by atoms with Gasteiger partial charge >= 0.3 is 0 Å². The molecule has 1 saturated heterocycles. The highest BCUT2D eigenvalue weighted by atomic mass is 35.5. The van der Waals surface area contributed by atoms with Gasteiger partial charge in [-0.25, -0.2) is 12.8 Å². The zero-order valence-electron chi connectivity index (χ0n) is 14.0. The van der Waals surface area contributed by atoms with Crippen molar-refractivity contribution in [2.75, 3.05) is 13.1 Å². The van der Waals surface area contributed by atoms with Crippen molar-refractivity contribution in [1.29, 1.82) is 0 Å². The Kier molecular flexibility index (Phi) is 5.16. The van der Waals surface area contributed by atoms with Crippen molar-refractivity contribution < 1.29 is 17.5 Å². The maximum absolute atomic E-state index is 13.0. The second-order valence-electron chi connectivity index (χ2n) is 6.24. The van der Waals surface area contributed by atoms with Crippen molar-refractivity contribution >= 4 is 21.6 Å². The van der Waals surface area contributed by atoms with Crippen LogP contribution >= 0.6 is 11.6 Å². The number of ether oxygens (including phenoxy) is 1. The molecule has 3 rings (SSSR count). The largest absolute Gasteiger partial charge is 0.371 e. The van der Waals surface area contributed by atoms with Gasteiger partial charge in [0.05, 0.1) is 17.6 Å². The number of halogens is 2. The fraction of sp³-hybridized carbons (Fsp3) is 0.333. The van der Waals surface area contributed by atoms with Gasteiger partial charge < -0.3 is 4.74 Å².